The molecule has 1 aromatic carbocycles. The van der Waals surface area contributed by atoms with Crippen molar-refractivity contribution in [2.75, 3.05) is 46.7 Å². The molecule has 2 aliphatic heterocycles. The molecule has 0 N–H and O–H groups in total. The van der Waals surface area contributed by atoms with Gasteiger partial charge in [-0.15, -0.1) is 5.10 Å². The van der Waals surface area contributed by atoms with E-state index in [1.165, 1.54) is 5.56 Å². The molecule has 4 rings (SSSR count). The first-order valence-electron chi connectivity index (χ1n) is 10.7. The molecule has 0 radical (unpaired) electrons. The summed E-state index contributed by atoms with van der Waals surface area (Å²) in [6.07, 6.45) is 1.04. The maximum absolute atomic E-state index is 5.52. The van der Waals surface area contributed by atoms with Gasteiger partial charge in [-0.25, -0.2) is 4.68 Å². The third-order valence-corrected chi connectivity index (χ3v) is 5.75. The average molecular weight is 417 g/mol. The Bertz CT molecular complexity index is 819. The Morgan fingerprint density at radius 3 is 2.67 bits per heavy atom. The lowest BCUT2D eigenvalue weighted by Gasteiger charge is -2.39. The molecule has 0 spiro atoms. The zero-order valence-electron chi connectivity index (χ0n) is 18.2. The van der Waals surface area contributed by atoms with Crippen molar-refractivity contribution in [2.45, 2.75) is 39.4 Å². The van der Waals surface area contributed by atoms with Gasteiger partial charge in [0.25, 0.3) is 0 Å². The maximum Gasteiger partial charge on any atom is 0.231 e. The Hall–Kier alpha value is -2.23. The minimum absolute atomic E-state index is 0.226. The summed E-state index contributed by atoms with van der Waals surface area (Å²) in [4.78, 5) is 5.03. The number of fused-ring (bicyclic) bond motifs is 1. The molecule has 0 saturated carbocycles. The summed E-state index contributed by atoms with van der Waals surface area (Å²) in [5, 5.41) is 12.5. The van der Waals surface area contributed by atoms with Crippen LogP contribution in [0, 0.1) is 5.92 Å². The van der Waals surface area contributed by atoms with Crippen molar-refractivity contribution in [3.63, 3.8) is 0 Å². The first-order chi connectivity index (χ1) is 14.6. The number of tetrazole rings is 1. The van der Waals surface area contributed by atoms with Crippen LogP contribution in [-0.2, 0) is 17.8 Å². The Morgan fingerprint density at radius 2 is 1.90 bits per heavy atom. The summed E-state index contributed by atoms with van der Waals surface area (Å²) in [6.45, 7) is 11.1. The zero-order valence-corrected chi connectivity index (χ0v) is 18.2. The smallest absolute Gasteiger partial charge is 0.231 e. The normalized spacial score (nSPS) is 18.3. The van der Waals surface area contributed by atoms with Crippen LogP contribution in [0.2, 0.25) is 0 Å². The van der Waals surface area contributed by atoms with E-state index in [0.717, 1.165) is 56.5 Å². The number of hydrogen-bond donors (Lipinski definition) is 0. The largest absolute Gasteiger partial charge is 0.454 e. The van der Waals surface area contributed by atoms with Gasteiger partial charge in [-0.3, -0.25) is 9.80 Å². The second-order valence-corrected chi connectivity index (χ2v) is 8.40. The monoisotopic (exact) mass is 416 g/mol. The lowest BCUT2D eigenvalue weighted by molar-refractivity contribution is 0.0757. The summed E-state index contributed by atoms with van der Waals surface area (Å²) in [6, 6.07) is 6.46. The van der Waals surface area contributed by atoms with E-state index in [9.17, 15) is 0 Å². The molecule has 9 nitrogen and oxygen atoms in total. The molecule has 9 heteroatoms. The number of rotatable bonds is 9. The van der Waals surface area contributed by atoms with Crippen molar-refractivity contribution in [3.05, 3.63) is 29.6 Å². The van der Waals surface area contributed by atoms with Gasteiger partial charge in [0.2, 0.25) is 6.79 Å². The lowest BCUT2D eigenvalue weighted by atomic mass is 10.0. The summed E-state index contributed by atoms with van der Waals surface area (Å²) in [5.41, 5.74) is 1.26. The van der Waals surface area contributed by atoms with Crippen LogP contribution in [0.15, 0.2) is 18.2 Å². The van der Waals surface area contributed by atoms with Gasteiger partial charge in [0.15, 0.2) is 17.3 Å². The summed E-state index contributed by atoms with van der Waals surface area (Å²) in [7, 11) is 1.70. The van der Waals surface area contributed by atoms with Crippen LogP contribution in [0.3, 0.4) is 0 Å². The van der Waals surface area contributed by atoms with Gasteiger partial charge < -0.3 is 14.2 Å². The molecule has 0 amide bonds. The number of ether oxygens (including phenoxy) is 3. The second-order valence-electron chi connectivity index (χ2n) is 8.40. The van der Waals surface area contributed by atoms with Crippen LogP contribution in [-0.4, -0.2) is 76.7 Å². The summed E-state index contributed by atoms with van der Waals surface area (Å²) in [5.74, 6) is 3.21. The topological polar surface area (TPSA) is 77.8 Å². The van der Waals surface area contributed by atoms with Gasteiger partial charge in [-0.05, 0) is 40.5 Å². The predicted molar refractivity (Wildman–Crippen MR) is 111 cm³/mol. The summed E-state index contributed by atoms with van der Waals surface area (Å²) >= 11 is 0. The SMILES string of the molecule is COCCn1nnnc1[C@@H](CC(C)C)N1CCN(Cc2ccc3c(c2)OCO3)CC1. The van der Waals surface area contributed by atoms with E-state index in [1.54, 1.807) is 7.11 Å². The van der Waals surface area contributed by atoms with Gasteiger partial charge in [0.05, 0.1) is 19.2 Å². The highest BCUT2D eigenvalue weighted by Gasteiger charge is 2.30. The molecular formula is C21H32N6O3. The van der Waals surface area contributed by atoms with Crippen molar-refractivity contribution in [1.82, 2.24) is 30.0 Å². The van der Waals surface area contributed by atoms with E-state index in [0.29, 0.717) is 25.9 Å². The van der Waals surface area contributed by atoms with E-state index in [4.69, 9.17) is 14.2 Å². The molecule has 1 saturated heterocycles. The fraction of sp³-hybridized carbons (Fsp3) is 0.667. The third-order valence-electron chi connectivity index (χ3n) is 5.75. The van der Waals surface area contributed by atoms with Crippen LogP contribution in [0.4, 0.5) is 0 Å². The third kappa shape index (κ3) is 4.91. The van der Waals surface area contributed by atoms with Crippen LogP contribution in [0.25, 0.3) is 0 Å². The van der Waals surface area contributed by atoms with Gasteiger partial charge in [-0.2, -0.15) is 0 Å². The molecule has 1 fully saturated rings. The van der Waals surface area contributed by atoms with Gasteiger partial charge >= 0.3 is 0 Å². The number of hydrogen-bond acceptors (Lipinski definition) is 8. The van der Waals surface area contributed by atoms with Crippen LogP contribution < -0.4 is 9.47 Å². The number of benzene rings is 1. The maximum atomic E-state index is 5.52. The van der Waals surface area contributed by atoms with Crippen molar-refractivity contribution in [2.24, 2.45) is 5.92 Å². The predicted octanol–water partition coefficient (Wildman–Crippen LogP) is 1.95. The van der Waals surface area contributed by atoms with E-state index in [1.807, 2.05) is 10.7 Å². The molecule has 2 aliphatic rings. The zero-order chi connectivity index (χ0) is 20.9. The molecule has 1 aromatic heterocycles. The number of piperazine rings is 1. The Morgan fingerprint density at radius 1 is 1.10 bits per heavy atom. The molecule has 0 unspecified atom stereocenters. The number of nitrogens with zero attached hydrogens (tertiary/aromatic N) is 6. The minimum atomic E-state index is 0.226. The molecule has 0 bridgehead atoms. The molecule has 30 heavy (non-hydrogen) atoms. The lowest BCUT2D eigenvalue weighted by Crippen LogP contribution is -2.48. The number of methoxy groups -OCH3 is 1. The fourth-order valence-corrected chi connectivity index (χ4v) is 4.18. The van der Waals surface area contributed by atoms with Crippen LogP contribution >= 0.6 is 0 Å². The van der Waals surface area contributed by atoms with Crippen LogP contribution in [0.5, 0.6) is 11.5 Å². The second kappa shape index (κ2) is 9.72. The standard InChI is InChI=1S/C21H32N6O3/c1-16(2)12-18(21-22-23-24-27(21)10-11-28-3)26-8-6-25(7-9-26)14-17-4-5-19-20(13-17)30-15-29-19/h4-5,13,16,18H,6-12,14-15H2,1-3H3/t18-/m1/s1. The average Bonchev–Trinajstić information content (AvgIpc) is 3.40. The Balaban J connectivity index is 1.38. The molecule has 2 aromatic rings. The highest BCUT2D eigenvalue weighted by molar-refractivity contribution is 5.44. The highest BCUT2D eigenvalue weighted by atomic mass is 16.7. The van der Waals surface area contributed by atoms with E-state index in [-0.39, 0.29) is 6.04 Å². The van der Waals surface area contributed by atoms with Crippen molar-refractivity contribution in [3.8, 4) is 11.5 Å². The van der Waals surface area contributed by atoms with Gasteiger partial charge in [0.1, 0.15) is 0 Å². The first-order valence-corrected chi connectivity index (χ1v) is 10.7. The van der Waals surface area contributed by atoms with E-state index in [2.05, 4.69) is 51.3 Å². The number of aromatic nitrogens is 4. The Labute approximate surface area is 177 Å². The van der Waals surface area contributed by atoms with E-state index >= 15 is 0 Å². The molecule has 3 heterocycles. The van der Waals surface area contributed by atoms with E-state index < -0.39 is 0 Å². The molecule has 164 valence electrons. The Kier molecular flexibility index (Phi) is 6.81. The summed E-state index contributed by atoms with van der Waals surface area (Å²) < 4.78 is 18.1. The molecule has 1 atom stereocenters. The van der Waals surface area contributed by atoms with Crippen LogP contribution in [0.1, 0.15) is 37.7 Å². The van der Waals surface area contributed by atoms with Crippen molar-refractivity contribution < 1.29 is 14.2 Å². The van der Waals surface area contributed by atoms with Crippen molar-refractivity contribution in [1.29, 1.82) is 0 Å². The fourth-order valence-electron chi connectivity index (χ4n) is 4.18. The first kappa shape index (κ1) is 21.0. The molecular weight excluding hydrogens is 384 g/mol. The van der Waals surface area contributed by atoms with Crippen molar-refractivity contribution >= 4 is 0 Å². The molecule has 0 aliphatic carbocycles. The van der Waals surface area contributed by atoms with Gasteiger partial charge in [-0.1, -0.05) is 19.9 Å². The highest BCUT2D eigenvalue weighted by Crippen LogP contribution is 2.33. The quantitative estimate of drug-likeness (QED) is 0.614. The van der Waals surface area contributed by atoms with Gasteiger partial charge in [0, 0.05) is 39.8 Å². The minimum Gasteiger partial charge on any atom is -0.454 e.